The molecule has 140 valence electrons. The minimum atomic E-state index is -0.0588. The van der Waals surface area contributed by atoms with E-state index >= 15 is 0 Å². The lowest BCUT2D eigenvalue weighted by Crippen LogP contribution is -2.32. The molecule has 0 fully saturated rings. The Labute approximate surface area is 165 Å². The molecule has 0 amide bonds. The van der Waals surface area contributed by atoms with Crippen molar-refractivity contribution >= 4 is 17.4 Å². The number of rotatable bonds is 3. The summed E-state index contributed by atoms with van der Waals surface area (Å²) in [5.74, 6) is 1.12. The molecule has 27 heavy (non-hydrogen) atoms. The van der Waals surface area contributed by atoms with Crippen molar-refractivity contribution in [3.05, 3.63) is 76.4 Å². The minimum Gasteiger partial charge on any atom is -0.356 e. The van der Waals surface area contributed by atoms with Gasteiger partial charge in [-0.05, 0) is 29.8 Å². The lowest BCUT2D eigenvalue weighted by Gasteiger charge is -2.31. The van der Waals surface area contributed by atoms with E-state index in [4.69, 9.17) is 21.4 Å². The molecule has 0 N–H and O–H groups in total. The first kappa shape index (κ1) is 18.1. The summed E-state index contributed by atoms with van der Waals surface area (Å²) in [5.41, 5.74) is 4.45. The fourth-order valence-corrected chi connectivity index (χ4v) is 3.63. The van der Waals surface area contributed by atoms with Crippen LogP contribution in [-0.4, -0.2) is 16.5 Å². The van der Waals surface area contributed by atoms with E-state index < -0.39 is 0 Å². The number of fused-ring (bicyclic) bond motifs is 1. The lowest BCUT2D eigenvalue weighted by atomic mass is 9.89. The van der Waals surface area contributed by atoms with Gasteiger partial charge >= 0.3 is 0 Å². The molecule has 0 radical (unpaired) electrons. The van der Waals surface area contributed by atoms with Gasteiger partial charge in [0, 0.05) is 22.5 Å². The molecule has 2 aromatic carbocycles. The summed E-state index contributed by atoms with van der Waals surface area (Å²) in [5, 5.41) is 5.76. The van der Waals surface area contributed by atoms with Gasteiger partial charge in [0.15, 0.2) is 0 Å². The largest absolute Gasteiger partial charge is 0.356 e. The maximum absolute atomic E-state index is 6.04. The van der Waals surface area contributed by atoms with E-state index in [0.717, 1.165) is 28.8 Å². The summed E-state index contributed by atoms with van der Waals surface area (Å²) >= 11 is 6.04. The molecule has 0 saturated heterocycles. The molecule has 4 rings (SSSR count). The molecule has 0 atom stereocenters. The molecule has 0 saturated carbocycles. The average Bonchev–Trinajstić information content (AvgIpc) is 3.05. The van der Waals surface area contributed by atoms with Crippen LogP contribution in [-0.2, 0) is 23.3 Å². The molecular weight excluding hydrogens is 358 g/mol. The highest BCUT2D eigenvalue weighted by molar-refractivity contribution is 6.30. The molecule has 1 aliphatic heterocycles. The van der Waals surface area contributed by atoms with Gasteiger partial charge in [0.2, 0.25) is 0 Å². The third-order valence-corrected chi connectivity index (χ3v) is 5.00. The van der Waals surface area contributed by atoms with Crippen molar-refractivity contribution in [2.24, 2.45) is 0 Å². The number of nitrogens with zero attached hydrogens (tertiary/aromatic N) is 3. The highest BCUT2D eigenvalue weighted by Gasteiger charge is 2.32. The Hall–Kier alpha value is -2.30. The van der Waals surface area contributed by atoms with E-state index in [1.807, 2.05) is 30.3 Å². The third-order valence-electron chi connectivity index (χ3n) is 4.75. The highest BCUT2D eigenvalue weighted by atomic mass is 35.5. The van der Waals surface area contributed by atoms with Crippen molar-refractivity contribution in [1.29, 1.82) is 0 Å². The highest BCUT2D eigenvalue weighted by Crippen LogP contribution is 2.37. The topological polar surface area (TPSA) is 30.3 Å². The number of anilines is 1. The van der Waals surface area contributed by atoms with Crippen molar-refractivity contribution in [3.63, 3.8) is 0 Å². The zero-order valence-corrected chi connectivity index (χ0v) is 16.7. The van der Waals surface area contributed by atoms with E-state index in [0.29, 0.717) is 13.3 Å². The maximum Gasteiger partial charge on any atom is 0.140 e. The molecule has 3 aromatic rings. The van der Waals surface area contributed by atoms with Crippen molar-refractivity contribution < 1.29 is 4.74 Å². The molecule has 0 spiro atoms. The van der Waals surface area contributed by atoms with E-state index in [9.17, 15) is 0 Å². The fourth-order valence-electron chi connectivity index (χ4n) is 3.50. The molecule has 1 aliphatic rings. The lowest BCUT2D eigenvalue weighted by molar-refractivity contribution is 0.107. The zero-order valence-electron chi connectivity index (χ0n) is 15.9. The normalized spacial score (nSPS) is 14.3. The summed E-state index contributed by atoms with van der Waals surface area (Å²) in [7, 11) is 0. The Bertz CT molecular complexity index is 927. The van der Waals surface area contributed by atoms with Gasteiger partial charge in [0.05, 0.1) is 18.0 Å². The maximum atomic E-state index is 6.04. The van der Waals surface area contributed by atoms with Crippen molar-refractivity contribution in [2.75, 3.05) is 11.6 Å². The fraction of sp³-hybridized carbons (Fsp3) is 0.318. The van der Waals surface area contributed by atoms with Crippen LogP contribution in [0, 0.1) is 0 Å². The number of hydrogen-bond donors (Lipinski definition) is 0. The van der Waals surface area contributed by atoms with Crippen LogP contribution in [0.1, 0.15) is 37.6 Å². The second-order valence-electron chi connectivity index (χ2n) is 7.95. The Morgan fingerprint density at radius 1 is 1.04 bits per heavy atom. The summed E-state index contributed by atoms with van der Waals surface area (Å²) in [6.07, 6.45) is 0. The van der Waals surface area contributed by atoms with Crippen LogP contribution in [0.3, 0.4) is 0 Å². The number of aromatic nitrogens is 2. The van der Waals surface area contributed by atoms with Gasteiger partial charge in [-0.25, -0.2) is 4.68 Å². The van der Waals surface area contributed by atoms with Gasteiger partial charge in [-0.1, -0.05) is 62.7 Å². The summed E-state index contributed by atoms with van der Waals surface area (Å²) in [6.45, 7) is 8.46. The number of ether oxygens (including phenoxy) is 1. The summed E-state index contributed by atoms with van der Waals surface area (Å²) < 4.78 is 8.00. The SMILES string of the molecule is CC(C)(C)c1nn(-c2ccccc2)c2c1COCN2Cc1ccc(Cl)cc1. The second-order valence-corrected chi connectivity index (χ2v) is 8.39. The summed E-state index contributed by atoms with van der Waals surface area (Å²) in [6, 6.07) is 18.3. The average molecular weight is 382 g/mol. The van der Waals surface area contributed by atoms with Gasteiger partial charge in [-0.3, -0.25) is 0 Å². The minimum absolute atomic E-state index is 0.0588. The van der Waals surface area contributed by atoms with Crippen LogP contribution in [0.25, 0.3) is 5.69 Å². The smallest absolute Gasteiger partial charge is 0.140 e. The van der Waals surface area contributed by atoms with Gasteiger partial charge in [0.25, 0.3) is 0 Å². The van der Waals surface area contributed by atoms with E-state index in [2.05, 4.69) is 54.6 Å². The van der Waals surface area contributed by atoms with Crippen molar-refractivity contribution in [1.82, 2.24) is 9.78 Å². The van der Waals surface area contributed by atoms with Crippen LogP contribution in [0.2, 0.25) is 5.02 Å². The number of benzene rings is 2. The molecule has 0 aliphatic carbocycles. The number of halogens is 1. The van der Waals surface area contributed by atoms with Gasteiger partial charge < -0.3 is 9.64 Å². The van der Waals surface area contributed by atoms with Crippen molar-refractivity contribution in [2.45, 2.75) is 39.3 Å². The Kier molecular flexibility index (Phi) is 4.70. The molecule has 4 nitrogen and oxygen atoms in total. The van der Waals surface area contributed by atoms with Crippen LogP contribution in [0.4, 0.5) is 5.82 Å². The van der Waals surface area contributed by atoms with Gasteiger partial charge in [-0.15, -0.1) is 0 Å². The third kappa shape index (κ3) is 3.60. The number of para-hydroxylation sites is 1. The Morgan fingerprint density at radius 3 is 2.41 bits per heavy atom. The molecule has 5 heteroatoms. The molecule has 0 unspecified atom stereocenters. The molecule has 2 heterocycles. The Balaban J connectivity index is 1.82. The van der Waals surface area contributed by atoms with Crippen LogP contribution < -0.4 is 4.90 Å². The quantitative estimate of drug-likeness (QED) is 0.615. The molecule has 0 bridgehead atoms. The van der Waals surface area contributed by atoms with Crippen LogP contribution >= 0.6 is 11.6 Å². The number of hydrogen-bond acceptors (Lipinski definition) is 3. The van der Waals surface area contributed by atoms with Gasteiger partial charge in [0.1, 0.15) is 12.5 Å². The van der Waals surface area contributed by atoms with Crippen LogP contribution in [0.5, 0.6) is 0 Å². The predicted octanol–water partition coefficient (Wildman–Crippen LogP) is 5.32. The van der Waals surface area contributed by atoms with Crippen LogP contribution in [0.15, 0.2) is 54.6 Å². The first-order chi connectivity index (χ1) is 12.9. The zero-order chi connectivity index (χ0) is 19.0. The van der Waals surface area contributed by atoms with E-state index in [-0.39, 0.29) is 5.41 Å². The predicted molar refractivity (Wildman–Crippen MR) is 110 cm³/mol. The standard InChI is InChI=1S/C22H24ClN3O/c1-22(2,3)20-19-14-27-15-25(13-16-9-11-17(23)12-10-16)21(19)26(24-20)18-7-5-4-6-8-18/h4-12H,13-15H2,1-3H3. The Morgan fingerprint density at radius 2 is 1.74 bits per heavy atom. The van der Waals surface area contributed by atoms with E-state index in [1.54, 1.807) is 0 Å². The molecular formula is C22H24ClN3O. The summed E-state index contributed by atoms with van der Waals surface area (Å²) in [4.78, 5) is 2.25. The first-order valence-corrected chi connectivity index (χ1v) is 9.56. The van der Waals surface area contributed by atoms with Crippen molar-refractivity contribution in [3.8, 4) is 5.69 Å². The second kappa shape index (κ2) is 7.02. The van der Waals surface area contributed by atoms with E-state index in [1.165, 1.54) is 11.1 Å². The first-order valence-electron chi connectivity index (χ1n) is 9.18. The van der Waals surface area contributed by atoms with Gasteiger partial charge in [-0.2, -0.15) is 5.10 Å². The monoisotopic (exact) mass is 381 g/mol. The molecule has 1 aromatic heterocycles.